The zero-order chi connectivity index (χ0) is 25.6. The van der Waals surface area contributed by atoms with E-state index >= 15 is 0 Å². The second-order valence-corrected chi connectivity index (χ2v) is 10.3. The molecule has 0 aromatic heterocycles. The number of Topliss-reactive ketones (excluding diaryl/α,β-unsaturated/α-hetero) is 1. The van der Waals surface area contributed by atoms with E-state index in [4.69, 9.17) is 9.47 Å². The van der Waals surface area contributed by atoms with Gasteiger partial charge >= 0.3 is 5.97 Å². The number of carbonyl (C=O) groups is 2. The van der Waals surface area contributed by atoms with Crippen LogP contribution < -0.4 is 0 Å². The van der Waals surface area contributed by atoms with Crippen LogP contribution in [0.2, 0.25) is 0 Å². The molecule has 0 spiro atoms. The van der Waals surface area contributed by atoms with Gasteiger partial charge in [-0.1, -0.05) is 57.6 Å². The highest BCUT2D eigenvalue weighted by Crippen LogP contribution is 2.31. The number of ketones is 1. The molecule has 0 saturated carbocycles. The first kappa shape index (κ1) is 28.0. The lowest BCUT2D eigenvalue weighted by atomic mass is 9.73. The van der Waals surface area contributed by atoms with E-state index < -0.39 is 35.6 Å². The number of aliphatic imine (C=N–C) groups is 1. The summed E-state index contributed by atoms with van der Waals surface area (Å²) in [6.07, 6.45) is 6.12. The quantitative estimate of drug-likeness (QED) is 0.463. The van der Waals surface area contributed by atoms with Gasteiger partial charge < -0.3 is 19.7 Å². The van der Waals surface area contributed by atoms with Crippen LogP contribution in [0.15, 0.2) is 40.4 Å². The number of allylic oxidation sites excluding steroid dienone is 2. The molecule has 7 nitrogen and oxygen atoms in total. The van der Waals surface area contributed by atoms with E-state index in [1.165, 1.54) is 0 Å². The van der Waals surface area contributed by atoms with Gasteiger partial charge in [0.1, 0.15) is 24.5 Å². The molecule has 1 unspecified atom stereocenters. The summed E-state index contributed by atoms with van der Waals surface area (Å²) in [6.45, 7) is 12.9. The van der Waals surface area contributed by atoms with Gasteiger partial charge in [0.05, 0.1) is 24.0 Å². The molecule has 0 fully saturated rings. The molecule has 6 atom stereocenters. The third kappa shape index (κ3) is 7.37. The number of rotatable bonds is 2. The van der Waals surface area contributed by atoms with Gasteiger partial charge in [0.2, 0.25) is 0 Å². The molecule has 7 heteroatoms. The predicted octanol–water partition coefficient (Wildman–Crippen LogP) is 3.94. The van der Waals surface area contributed by atoms with Crippen molar-refractivity contribution < 1.29 is 29.3 Å². The minimum Gasteiger partial charge on any atom is -0.479 e. The van der Waals surface area contributed by atoms with Crippen LogP contribution in [0.4, 0.5) is 0 Å². The number of esters is 1. The lowest BCUT2D eigenvalue weighted by Crippen LogP contribution is -2.45. The number of aliphatic hydroxyl groups excluding tert-OH is 2. The Bertz CT molecular complexity index is 868. The maximum Gasteiger partial charge on any atom is 0.309 e. The van der Waals surface area contributed by atoms with Crippen molar-refractivity contribution in [1.82, 2.24) is 0 Å². The Morgan fingerprint density at radius 3 is 2.50 bits per heavy atom. The van der Waals surface area contributed by atoms with E-state index in [0.29, 0.717) is 25.3 Å². The molecular weight excluding hydrogens is 434 g/mol. The third-order valence-electron chi connectivity index (χ3n) is 6.90. The van der Waals surface area contributed by atoms with Crippen LogP contribution >= 0.6 is 0 Å². The average molecular weight is 476 g/mol. The second kappa shape index (κ2) is 11.9. The summed E-state index contributed by atoms with van der Waals surface area (Å²) in [5.41, 5.74) is 0.739. The Labute approximate surface area is 203 Å². The highest BCUT2D eigenvalue weighted by atomic mass is 16.5. The molecule has 0 amide bonds. The number of carbonyl (C=O) groups excluding carboxylic acids is 2. The molecular formula is C27H41NO6. The molecule has 190 valence electrons. The molecule has 0 saturated heterocycles. The average Bonchev–Trinajstić information content (AvgIpc) is 3.18. The monoisotopic (exact) mass is 475 g/mol. The molecule has 2 N–H and O–H groups in total. The number of nitrogens with zero attached hydrogens (tertiary/aromatic N) is 1. The van der Waals surface area contributed by atoms with Crippen LogP contribution in [0.3, 0.4) is 0 Å². The molecule has 34 heavy (non-hydrogen) atoms. The van der Waals surface area contributed by atoms with Crippen molar-refractivity contribution in [3.05, 3.63) is 35.5 Å². The first-order valence-electron chi connectivity index (χ1n) is 12.1. The maximum atomic E-state index is 13.1. The molecule has 0 bridgehead atoms. The first-order chi connectivity index (χ1) is 15.8. The number of hydrogen-bond donors (Lipinski definition) is 2. The molecule has 0 aliphatic carbocycles. The van der Waals surface area contributed by atoms with Gasteiger partial charge in [-0.15, -0.1) is 0 Å². The molecule has 0 aromatic carbocycles. The molecule has 2 rings (SSSR count). The minimum absolute atomic E-state index is 0.122. The largest absolute Gasteiger partial charge is 0.479 e. The van der Waals surface area contributed by atoms with E-state index in [-0.39, 0.29) is 24.2 Å². The van der Waals surface area contributed by atoms with Crippen LogP contribution in [0.25, 0.3) is 0 Å². The van der Waals surface area contributed by atoms with E-state index in [1.54, 1.807) is 27.7 Å². The van der Waals surface area contributed by atoms with Crippen LogP contribution in [0, 0.1) is 17.3 Å². The summed E-state index contributed by atoms with van der Waals surface area (Å²) < 4.78 is 11.2. The summed E-state index contributed by atoms with van der Waals surface area (Å²) in [7, 11) is 0. The van der Waals surface area contributed by atoms with Crippen LogP contribution in [0.1, 0.15) is 67.7 Å². The standard InChI is InChI=1S/C27H41NO6/c1-16-9-8-10-17(2)25(31)19(4)26(32)27(6,7)23(29)14-24(30)34-22(12-11-16)18(3)13-21-15-33-20(5)28-21/h8,10-11,13,17,19,21-23,25,29,31H,9,12,14-15H2,1-7H3/t17-,19+,21?,22-,23-,25-/m0/s1. The summed E-state index contributed by atoms with van der Waals surface area (Å²) in [4.78, 5) is 30.4. The molecule has 0 radical (unpaired) electrons. The highest BCUT2D eigenvalue weighted by Gasteiger charge is 2.42. The van der Waals surface area contributed by atoms with Crippen molar-refractivity contribution in [2.45, 2.75) is 92.1 Å². The SMILES string of the molecule is CC1=CC[C@@H](C(C)=CC2COC(C)=N2)OC(=O)C[C@H](O)C(C)(C)C(=O)[C@H](C)[C@@H](O)[C@@H](C)C=CC1. The first-order valence-corrected chi connectivity index (χ1v) is 12.1. The minimum atomic E-state index is -1.24. The third-order valence-corrected chi connectivity index (χ3v) is 6.90. The molecule has 2 aliphatic rings. The van der Waals surface area contributed by atoms with Crippen LogP contribution in [0.5, 0.6) is 0 Å². The molecule has 2 aliphatic heterocycles. The topological polar surface area (TPSA) is 105 Å². The van der Waals surface area contributed by atoms with Crippen molar-refractivity contribution in [3.63, 3.8) is 0 Å². The molecule has 2 heterocycles. The lowest BCUT2D eigenvalue weighted by Gasteiger charge is -2.34. The van der Waals surface area contributed by atoms with E-state index in [2.05, 4.69) is 4.99 Å². The van der Waals surface area contributed by atoms with Crippen molar-refractivity contribution in [2.24, 2.45) is 22.2 Å². The smallest absolute Gasteiger partial charge is 0.309 e. The number of aliphatic hydroxyl groups is 2. The number of hydrogen-bond acceptors (Lipinski definition) is 7. The Hall–Kier alpha value is -2.25. The van der Waals surface area contributed by atoms with Crippen molar-refractivity contribution in [1.29, 1.82) is 0 Å². The van der Waals surface area contributed by atoms with Crippen LogP contribution in [-0.4, -0.2) is 58.8 Å². The summed E-state index contributed by atoms with van der Waals surface area (Å²) >= 11 is 0. The van der Waals surface area contributed by atoms with Gasteiger partial charge in [0.25, 0.3) is 0 Å². The van der Waals surface area contributed by atoms with Gasteiger partial charge in [-0.05, 0) is 25.8 Å². The highest BCUT2D eigenvalue weighted by molar-refractivity contribution is 5.88. The van der Waals surface area contributed by atoms with Gasteiger partial charge in [-0.25, -0.2) is 4.99 Å². The Morgan fingerprint density at radius 2 is 1.88 bits per heavy atom. The summed E-state index contributed by atoms with van der Waals surface area (Å²) in [5.74, 6) is -1.15. The fourth-order valence-electron chi connectivity index (χ4n) is 4.29. The Kier molecular flexibility index (Phi) is 9.83. The normalized spacial score (nSPS) is 34.2. The van der Waals surface area contributed by atoms with Gasteiger partial charge in [-0.3, -0.25) is 9.59 Å². The Morgan fingerprint density at radius 1 is 1.21 bits per heavy atom. The number of cyclic esters (lactones) is 1. The van der Waals surface area contributed by atoms with E-state index in [1.807, 2.05) is 45.1 Å². The van der Waals surface area contributed by atoms with Gasteiger partial charge in [0.15, 0.2) is 5.90 Å². The predicted molar refractivity (Wildman–Crippen MR) is 132 cm³/mol. The van der Waals surface area contributed by atoms with Gasteiger partial charge in [0, 0.05) is 25.2 Å². The zero-order valence-electron chi connectivity index (χ0n) is 21.6. The fraction of sp³-hybridized carbons (Fsp3) is 0.667. The number of ether oxygens (including phenoxy) is 2. The van der Waals surface area contributed by atoms with Crippen molar-refractivity contribution >= 4 is 17.7 Å². The van der Waals surface area contributed by atoms with E-state index in [0.717, 1.165) is 11.1 Å². The summed E-state index contributed by atoms with van der Waals surface area (Å²) in [5, 5.41) is 21.5. The fourth-order valence-corrected chi connectivity index (χ4v) is 4.29. The van der Waals surface area contributed by atoms with E-state index in [9.17, 15) is 19.8 Å². The van der Waals surface area contributed by atoms with Crippen LogP contribution in [-0.2, 0) is 19.1 Å². The second-order valence-electron chi connectivity index (χ2n) is 10.3. The lowest BCUT2D eigenvalue weighted by molar-refractivity contribution is -0.154. The van der Waals surface area contributed by atoms with Crippen molar-refractivity contribution in [2.75, 3.05) is 6.61 Å². The maximum absolute atomic E-state index is 13.1. The Balaban J connectivity index is 2.34. The van der Waals surface area contributed by atoms with Gasteiger partial charge in [-0.2, -0.15) is 0 Å². The summed E-state index contributed by atoms with van der Waals surface area (Å²) in [6, 6.07) is -0.122. The van der Waals surface area contributed by atoms with Crippen molar-refractivity contribution in [3.8, 4) is 0 Å². The zero-order valence-corrected chi connectivity index (χ0v) is 21.6. The molecule has 0 aromatic rings.